The van der Waals surface area contributed by atoms with Crippen molar-refractivity contribution < 1.29 is 4.74 Å². The largest absolute Gasteiger partial charge is 0.488 e. The fourth-order valence-corrected chi connectivity index (χ4v) is 2.47. The highest BCUT2D eigenvalue weighted by Crippen LogP contribution is 2.24. The monoisotopic (exact) mass is 365 g/mol. The van der Waals surface area contributed by atoms with Crippen molar-refractivity contribution >= 4 is 27.8 Å². The van der Waals surface area contributed by atoms with Gasteiger partial charge in [0.1, 0.15) is 12.4 Å². The summed E-state index contributed by atoms with van der Waals surface area (Å²) in [6.07, 6.45) is 1.84. The number of benzene rings is 3. The molecule has 0 spiro atoms. The van der Waals surface area contributed by atoms with E-state index >= 15 is 0 Å². The first-order chi connectivity index (χ1) is 11.3. The fraction of sp³-hybridized carbons (Fsp3) is 0.0500. The highest BCUT2D eigenvalue weighted by atomic mass is 79.9. The van der Waals surface area contributed by atoms with Gasteiger partial charge in [0, 0.05) is 16.3 Å². The van der Waals surface area contributed by atoms with Crippen LogP contribution in [0.15, 0.2) is 88.3 Å². The standard InChI is InChI=1S/C20H16BrNO/c21-18-12-11-17(14-22-19-9-5-2-6-10-19)20(13-18)23-15-16-7-3-1-4-8-16/h1-14H,15H2/b22-14+. The first-order valence-electron chi connectivity index (χ1n) is 7.37. The van der Waals surface area contributed by atoms with Gasteiger partial charge in [0.05, 0.1) is 5.69 Å². The van der Waals surface area contributed by atoms with E-state index in [0.29, 0.717) is 6.61 Å². The first-order valence-corrected chi connectivity index (χ1v) is 8.16. The minimum atomic E-state index is 0.531. The molecule has 0 heterocycles. The molecule has 114 valence electrons. The SMILES string of the molecule is Brc1ccc(/C=N/c2ccccc2)c(OCc2ccccc2)c1. The molecule has 3 aromatic rings. The summed E-state index contributed by atoms with van der Waals surface area (Å²) in [5.74, 6) is 0.808. The molecule has 0 atom stereocenters. The molecule has 0 radical (unpaired) electrons. The van der Waals surface area contributed by atoms with Crippen LogP contribution in [0.2, 0.25) is 0 Å². The van der Waals surface area contributed by atoms with Crippen molar-refractivity contribution in [3.63, 3.8) is 0 Å². The topological polar surface area (TPSA) is 21.6 Å². The van der Waals surface area contributed by atoms with E-state index in [2.05, 4.69) is 33.1 Å². The van der Waals surface area contributed by atoms with E-state index in [0.717, 1.165) is 27.0 Å². The van der Waals surface area contributed by atoms with Gasteiger partial charge in [-0.05, 0) is 35.9 Å². The van der Waals surface area contributed by atoms with Gasteiger partial charge < -0.3 is 4.74 Å². The average Bonchev–Trinajstić information content (AvgIpc) is 2.61. The van der Waals surface area contributed by atoms with Gasteiger partial charge in [-0.2, -0.15) is 0 Å². The number of para-hydroxylation sites is 1. The predicted octanol–water partition coefficient (Wildman–Crippen LogP) is 5.78. The summed E-state index contributed by atoms with van der Waals surface area (Å²) in [5, 5.41) is 0. The van der Waals surface area contributed by atoms with Crippen molar-refractivity contribution in [2.45, 2.75) is 6.61 Å². The maximum absolute atomic E-state index is 5.97. The van der Waals surface area contributed by atoms with Gasteiger partial charge in [-0.15, -0.1) is 0 Å². The molecular weight excluding hydrogens is 350 g/mol. The molecule has 0 unspecified atom stereocenters. The number of nitrogens with zero attached hydrogens (tertiary/aromatic N) is 1. The Morgan fingerprint density at radius 3 is 2.30 bits per heavy atom. The van der Waals surface area contributed by atoms with E-state index in [1.54, 1.807) is 0 Å². The lowest BCUT2D eigenvalue weighted by molar-refractivity contribution is 0.305. The van der Waals surface area contributed by atoms with Gasteiger partial charge in [-0.3, -0.25) is 4.99 Å². The summed E-state index contributed by atoms with van der Waals surface area (Å²) < 4.78 is 6.95. The molecule has 0 aromatic heterocycles. The van der Waals surface area contributed by atoms with Crippen molar-refractivity contribution in [2.24, 2.45) is 4.99 Å². The van der Waals surface area contributed by atoms with Gasteiger partial charge >= 0.3 is 0 Å². The van der Waals surface area contributed by atoms with Crippen molar-refractivity contribution in [1.82, 2.24) is 0 Å². The Balaban J connectivity index is 1.79. The average molecular weight is 366 g/mol. The van der Waals surface area contributed by atoms with Crippen LogP contribution >= 0.6 is 15.9 Å². The number of hydrogen-bond donors (Lipinski definition) is 0. The van der Waals surface area contributed by atoms with Gasteiger partial charge in [0.25, 0.3) is 0 Å². The predicted molar refractivity (Wildman–Crippen MR) is 98.6 cm³/mol. The van der Waals surface area contributed by atoms with E-state index in [-0.39, 0.29) is 0 Å². The Kier molecular flexibility index (Phi) is 5.22. The third-order valence-electron chi connectivity index (χ3n) is 3.32. The Labute approximate surface area is 144 Å². The van der Waals surface area contributed by atoms with Gasteiger partial charge in [-0.25, -0.2) is 0 Å². The van der Waals surface area contributed by atoms with Crippen molar-refractivity contribution in [1.29, 1.82) is 0 Å². The second-order valence-electron chi connectivity index (χ2n) is 5.05. The summed E-state index contributed by atoms with van der Waals surface area (Å²) in [6.45, 7) is 0.531. The van der Waals surface area contributed by atoms with E-state index in [9.17, 15) is 0 Å². The van der Waals surface area contributed by atoms with Crippen molar-refractivity contribution in [3.05, 3.63) is 94.5 Å². The quantitative estimate of drug-likeness (QED) is 0.525. The minimum Gasteiger partial charge on any atom is -0.488 e. The Morgan fingerprint density at radius 2 is 1.57 bits per heavy atom. The molecule has 0 bridgehead atoms. The summed E-state index contributed by atoms with van der Waals surface area (Å²) in [7, 11) is 0. The molecule has 0 saturated heterocycles. The van der Waals surface area contributed by atoms with Crippen molar-refractivity contribution in [3.8, 4) is 5.75 Å². The Morgan fingerprint density at radius 1 is 0.870 bits per heavy atom. The van der Waals surface area contributed by atoms with Crippen LogP contribution in [-0.2, 0) is 6.61 Å². The van der Waals surface area contributed by atoms with Gasteiger partial charge in [0.15, 0.2) is 0 Å². The second-order valence-corrected chi connectivity index (χ2v) is 5.97. The zero-order chi connectivity index (χ0) is 15.9. The zero-order valence-electron chi connectivity index (χ0n) is 12.5. The van der Waals surface area contributed by atoms with Crippen LogP contribution in [0.5, 0.6) is 5.75 Å². The van der Waals surface area contributed by atoms with E-state index in [4.69, 9.17) is 4.74 Å². The molecule has 0 aliphatic heterocycles. The summed E-state index contributed by atoms with van der Waals surface area (Å²) in [6, 6.07) is 25.9. The van der Waals surface area contributed by atoms with E-state index < -0.39 is 0 Å². The molecule has 3 heteroatoms. The van der Waals surface area contributed by atoms with E-state index in [1.165, 1.54) is 0 Å². The molecule has 0 aliphatic rings. The highest BCUT2D eigenvalue weighted by Gasteiger charge is 2.03. The minimum absolute atomic E-state index is 0.531. The van der Waals surface area contributed by atoms with Crippen LogP contribution in [0.3, 0.4) is 0 Å². The normalized spacial score (nSPS) is 10.8. The lowest BCUT2D eigenvalue weighted by atomic mass is 10.2. The van der Waals surface area contributed by atoms with E-state index in [1.807, 2.05) is 72.9 Å². The fourth-order valence-electron chi connectivity index (χ4n) is 2.13. The zero-order valence-corrected chi connectivity index (χ0v) is 14.1. The molecular formula is C20H16BrNO. The van der Waals surface area contributed by atoms with Crippen LogP contribution in [0.1, 0.15) is 11.1 Å². The number of rotatable bonds is 5. The molecule has 0 N–H and O–H groups in total. The smallest absolute Gasteiger partial charge is 0.129 e. The molecule has 2 nitrogen and oxygen atoms in total. The number of aliphatic imine (C=N–C) groups is 1. The molecule has 23 heavy (non-hydrogen) atoms. The van der Waals surface area contributed by atoms with Crippen LogP contribution < -0.4 is 4.74 Å². The maximum atomic E-state index is 5.97. The number of hydrogen-bond acceptors (Lipinski definition) is 2. The van der Waals surface area contributed by atoms with Crippen LogP contribution in [0.25, 0.3) is 0 Å². The van der Waals surface area contributed by atoms with Crippen LogP contribution in [0.4, 0.5) is 5.69 Å². The lowest BCUT2D eigenvalue weighted by Gasteiger charge is -2.10. The van der Waals surface area contributed by atoms with Crippen LogP contribution in [-0.4, -0.2) is 6.21 Å². The molecule has 0 amide bonds. The summed E-state index contributed by atoms with van der Waals surface area (Å²) >= 11 is 3.49. The molecule has 3 aromatic carbocycles. The van der Waals surface area contributed by atoms with Gasteiger partial charge in [0.2, 0.25) is 0 Å². The molecule has 3 rings (SSSR count). The Bertz CT molecular complexity index is 785. The molecule has 0 fully saturated rings. The second kappa shape index (κ2) is 7.75. The van der Waals surface area contributed by atoms with Crippen LogP contribution in [0, 0.1) is 0 Å². The summed E-state index contributed by atoms with van der Waals surface area (Å²) in [4.78, 5) is 4.50. The third-order valence-corrected chi connectivity index (χ3v) is 3.81. The maximum Gasteiger partial charge on any atom is 0.129 e. The van der Waals surface area contributed by atoms with Gasteiger partial charge in [-0.1, -0.05) is 64.5 Å². The number of ether oxygens (including phenoxy) is 1. The summed E-state index contributed by atoms with van der Waals surface area (Å²) in [5.41, 5.74) is 3.01. The lowest BCUT2D eigenvalue weighted by Crippen LogP contribution is -1.98. The third kappa shape index (κ3) is 4.54. The highest BCUT2D eigenvalue weighted by molar-refractivity contribution is 9.10. The number of halogens is 1. The van der Waals surface area contributed by atoms with Crippen molar-refractivity contribution in [2.75, 3.05) is 0 Å². The first kappa shape index (κ1) is 15.5. The molecule has 0 saturated carbocycles. The molecule has 0 aliphatic carbocycles. The Hall–Kier alpha value is -2.39.